The predicted molar refractivity (Wildman–Crippen MR) is 115 cm³/mol. The number of nitrogens with zero attached hydrogens (tertiary/aromatic N) is 2. The molecule has 0 aliphatic carbocycles. The number of amides is 1. The molecule has 0 unspecified atom stereocenters. The first-order valence-electron chi connectivity index (χ1n) is 9.78. The zero-order valence-corrected chi connectivity index (χ0v) is 17.1. The van der Waals surface area contributed by atoms with Crippen molar-refractivity contribution >= 4 is 32.9 Å². The van der Waals surface area contributed by atoms with Crippen LogP contribution in [0.1, 0.15) is 15.9 Å². The molecule has 1 amide bonds. The summed E-state index contributed by atoms with van der Waals surface area (Å²) in [4.78, 5) is 12.0. The van der Waals surface area contributed by atoms with E-state index in [0.717, 1.165) is 22.2 Å². The number of carbonyl (C=O) groups is 1. The Morgan fingerprint density at radius 1 is 1.07 bits per heavy atom. The summed E-state index contributed by atoms with van der Waals surface area (Å²) in [5.41, 5.74) is 9.06. The first kappa shape index (κ1) is 19.0. The van der Waals surface area contributed by atoms with Gasteiger partial charge < -0.3 is 15.0 Å². The molecule has 5 rings (SSSR count). The van der Waals surface area contributed by atoms with Gasteiger partial charge in [-0.2, -0.15) is 4.31 Å². The Morgan fingerprint density at radius 2 is 1.87 bits per heavy atom. The lowest BCUT2D eigenvalue weighted by atomic mass is 10.0. The van der Waals surface area contributed by atoms with Crippen molar-refractivity contribution in [3.8, 4) is 11.3 Å². The van der Waals surface area contributed by atoms with Crippen LogP contribution < -0.4 is 5.73 Å². The first-order chi connectivity index (χ1) is 14.5. The monoisotopic (exact) mass is 423 g/mol. The van der Waals surface area contributed by atoms with Gasteiger partial charge in [-0.1, -0.05) is 30.4 Å². The Labute approximate surface area is 174 Å². The normalized spacial score (nSPS) is 16.8. The molecular formula is C22H21N3O4S. The number of hydrogen-bond acceptors (Lipinski definition) is 4. The van der Waals surface area contributed by atoms with Crippen LogP contribution in [0.15, 0.2) is 53.4 Å². The second kappa shape index (κ2) is 7.09. The van der Waals surface area contributed by atoms with E-state index in [-0.39, 0.29) is 4.90 Å². The van der Waals surface area contributed by atoms with Crippen LogP contribution in [0, 0.1) is 0 Å². The quantitative estimate of drug-likeness (QED) is 0.700. The molecule has 1 saturated heterocycles. The average molecular weight is 423 g/mol. The summed E-state index contributed by atoms with van der Waals surface area (Å²) in [6, 6.07) is 12.6. The van der Waals surface area contributed by atoms with E-state index < -0.39 is 15.9 Å². The molecule has 0 atom stereocenters. The lowest BCUT2D eigenvalue weighted by Crippen LogP contribution is -2.40. The molecule has 2 aliphatic heterocycles. The summed E-state index contributed by atoms with van der Waals surface area (Å²) < 4.78 is 35.9. The number of allylic oxidation sites excluding steroid dienone is 1. The van der Waals surface area contributed by atoms with Gasteiger partial charge in [0.25, 0.3) is 0 Å². The second-order valence-corrected chi connectivity index (χ2v) is 9.32. The zero-order valence-electron chi connectivity index (χ0n) is 16.2. The number of morpholine rings is 1. The van der Waals surface area contributed by atoms with E-state index in [2.05, 4.69) is 0 Å². The lowest BCUT2D eigenvalue weighted by molar-refractivity contribution is 0.0730. The van der Waals surface area contributed by atoms with E-state index in [1.807, 2.05) is 34.9 Å². The van der Waals surface area contributed by atoms with E-state index in [1.165, 1.54) is 4.31 Å². The third-order valence-electron chi connectivity index (χ3n) is 5.68. The van der Waals surface area contributed by atoms with Gasteiger partial charge in [0.1, 0.15) is 0 Å². The van der Waals surface area contributed by atoms with Crippen LogP contribution in [0.25, 0.3) is 28.2 Å². The largest absolute Gasteiger partial charge is 0.379 e. The van der Waals surface area contributed by atoms with Gasteiger partial charge in [-0.3, -0.25) is 4.79 Å². The number of nitrogens with two attached hydrogens (primary N) is 1. The van der Waals surface area contributed by atoms with E-state index in [0.29, 0.717) is 44.0 Å². The van der Waals surface area contributed by atoms with Gasteiger partial charge >= 0.3 is 0 Å². The van der Waals surface area contributed by atoms with E-state index >= 15 is 0 Å². The SMILES string of the molecule is NC(=O)c1ccc2cc3n(c2c1)CC=Cc1cccc(S(=O)(=O)N2CCOCC2)c1-3. The van der Waals surface area contributed by atoms with Crippen LogP contribution in [-0.4, -0.2) is 49.5 Å². The molecule has 0 bridgehead atoms. The van der Waals surface area contributed by atoms with Gasteiger partial charge in [-0.25, -0.2) is 8.42 Å². The fourth-order valence-electron chi connectivity index (χ4n) is 4.20. The Bertz CT molecular complexity index is 1300. The Morgan fingerprint density at radius 3 is 2.63 bits per heavy atom. The van der Waals surface area contributed by atoms with Gasteiger partial charge in [-0.15, -0.1) is 0 Å². The maximum Gasteiger partial charge on any atom is 0.248 e. The number of ether oxygens (including phenoxy) is 1. The highest BCUT2D eigenvalue weighted by molar-refractivity contribution is 7.89. The summed E-state index contributed by atoms with van der Waals surface area (Å²) in [6.45, 7) is 2.03. The molecule has 2 aliphatic rings. The minimum Gasteiger partial charge on any atom is -0.379 e. The molecule has 0 saturated carbocycles. The molecule has 8 heteroatoms. The predicted octanol–water partition coefficient (Wildman–Crippen LogP) is 2.45. The van der Waals surface area contributed by atoms with Gasteiger partial charge in [0.2, 0.25) is 15.9 Å². The molecule has 1 fully saturated rings. The average Bonchev–Trinajstić information content (AvgIpc) is 3.01. The van der Waals surface area contributed by atoms with E-state index in [1.54, 1.807) is 24.3 Å². The number of rotatable bonds is 3. The molecule has 2 aromatic carbocycles. The topological polar surface area (TPSA) is 94.6 Å². The van der Waals surface area contributed by atoms with E-state index in [4.69, 9.17) is 10.5 Å². The fraction of sp³-hybridized carbons (Fsp3) is 0.227. The van der Waals surface area contributed by atoms with Crippen LogP contribution in [0.3, 0.4) is 0 Å². The third-order valence-corrected chi connectivity index (χ3v) is 7.62. The van der Waals surface area contributed by atoms with Crippen molar-refractivity contribution in [3.05, 3.63) is 59.7 Å². The standard InChI is InChI=1S/C22H21N3O4S/c23-22(26)17-7-6-16-13-19-21-15(4-2-8-25(19)18(16)14-17)3-1-5-20(21)30(27,28)24-9-11-29-12-10-24/h1-7,13-14H,8-12H2,(H2,23,26). The molecule has 30 heavy (non-hydrogen) atoms. The number of hydrogen-bond donors (Lipinski definition) is 1. The summed E-state index contributed by atoms with van der Waals surface area (Å²) in [6.07, 6.45) is 3.95. The molecule has 0 spiro atoms. The van der Waals surface area contributed by atoms with Crippen LogP contribution >= 0.6 is 0 Å². The van der Waals surface area contributed by atoms with Crippen molar-refractivity contribution in [1.82, 2.24) is 8.87 Å². The minimum atomic E-state index is -3.69. The number of primary amides is 1. The summed E-state index contributed by atoms with van der Waals surface area (Å²) in [5.74, 6) is -0.493. The fourth-order valence-corrected chi connectivity index (χ4v) is 5.84. The third kappa shape index (κ3) is 2.96. The van der Waals surface area contributed by atoms with Gasteiger partial charge in [0.15, 0.2) is 0 Å². The molecule has 2 N–H and O–H groups in total. The second-order valence-electron chi connectivity index (χ2n) is 7.42. The highest BCUT2D eigenvalue weighted by Crippen LogP contribution is 2.38. The Hall–Kier alpha value is -2.94. The zero-order chi connectivity index (χ0) is 20.9. The van der Waals surface area contributed by atoms with Crippen LogP contribution in [0.5, 0.6) is 0 Å². The number of aromatic nitrogens is 1. The van der Waals surface area contributed by atoms with Gasteiger partial charge in [0.05, 0.1) is 23.8 Å². The van der Waals surface area contributed by atoms with Gasteiger partial charge in [-0.05, 0) is 29.8 Å². The molecule has 3 aromatic rings. The molecule has 154 valence electrons. The molecule has 7 nitrogen and oxygen atoms in total. The molecule has 0 radical (unpaired) electrons. The smallest absolute Gasteiger partial charge is 0.248 e. The Kier molecular flexibility index (Phi) is 4.50. The number of benzene rings is 2. The van der Waals surface area contributed by atoms with Crippen molar-refractivity contribution in [2.75, 3.05) is 26.3 Å². The van der Waals surface area contributed by atoms with Crippen molar-refractivity contribution in [1.29, 1.82) is 0 Å². The molecule has 3 heterocycles. The highest BCUT2D eigenvalue weighted by atomic mass is 32.2. The van der Waals surface area contributed by atoms with Crippen LogP contribution in [0.2, 0.25) is 0 Å². The molecular weight excluding hydrogens is 402 g/mol. The van der Waals surface area contributed by atoms with Crippen molar-refractivity contribution in [3.63, 3.8) is 0 Å². The first-order valence-corrected chi connectivity index (χ1v) is 11.2. The maximum absolute atomic E-state index is 13.5. The van der Waals surface area contributed by atoms with Crippen molar-refractivity contribution in [2.45, 2.75) is 11.4 Å². The highest BCUT2D eigenvalue weighted by Gasteiger charge is 2.31. The summed E-state index contributed by atoms with van der Waals surface area (Å²) in [7, 11) is -3.69. The van der Waals surface area contributed by atoms with Gasteiger partial charge in [0, 0.05) is 41.7 Å². The minimum absolute atomic E-state index is 0.285. The molecule has 1 aromatic heterocycles. The maximum atomic E-state index is 13.5. The number of fused-ring (bicyclic) bond motifs is 5. The lowest BCUT2D eigenvalue weighted by Gasteiger charge is -2.27. The van der Waals surface area contributed by atoms with Crippen molar-refractivity contribution < 1.29 is 17.9 Å². The van der Waals surface area contributed by atoms with Crippen LogP contribution in [-0.2, 0) is 21.3 Å². The van der Waals surface area contributed by atoms with Crippen LogP contribution in [0.4, 0.5) is 0 Å². The Balaban J connectivity index is 1.76. The number of sulfonamides is 1. The number of carbonyl (C=O) groups excluding carboxylic acids is 1. The summed E-state index contributed by atoms with van der Waals surface area (Å²) in [5, 5.41) is 0.926. The van der Waals surface area contributed by atoms with Crippen molar-refractivity contribution in [2.24, 2.45) is 5.73 Å². The van der Waals surface area contributed by atoms with E-state index in [9.17, 15) is 13.2 Å². The summed E-state index contributed by atoms with van der Waals surface area (Å²) >= 11 is 0.